The number of rotatable bonds is 4. The Morgan fingerprint density at radius 2 is 1.92 bits per heavy atom. The third-order valence-electron chi connectivity index (χ3n) is 4.87. The summed E-state index contributed by atoms with van der Waals surface area (Å²) in [6, 6.07) is 0.698. The third-order valence-corrected chi connectivity index (χ3v) is 4.87. The van der Waals surface area contributed by atoms with Crippen molar-refractivity contribution in [2.75, 3.05) is 20.6 Å². The monoisotopic (exact) mass is 475 g/mol. The highest BCUT2D eigenvalue weighted by Crippen LogP contribution is 2.18. The van der Waals surface area contributed by atoms with Crippen LogP contribution in [0.5, 0.6) is 0 Å². The van der Waals surface area contributed by atoms with Crippen LogP contribution in [0.4, 0.5) is 0 Å². The predicted octanol–water partition coefficient (Wildman–Crippen LogP) is 1.09. The number of guanidine groups is 1. The van der Waals surface area contributed by atoms with Crippen molar-refractivity contribution in [1.82, 2.24) is 30.3 Å². The van der Waals surface area contributed by atoms with Gasteiger partial charge in [0.1, 0.15) is 18.2 Å². The van der Waals surface area contributed by atoms with Gasteiger partial charge in [-0.3, -0.25) is 4.79 Å². The molecule has 0 spiro atoms. The molecule has 2 N–H and O–H groups in total. The van der Waals surface area contributed by atoms with Crippen LogP contribution in [-0.4, -0.2) is 64.3 Å². The molecule has 1 atom stereocenters. The van der Waals surface area contributed by atoms with Gasteiger partial charge in [0, 0.05) is 32.6 Å². The van der Waals surface area contributed by atoms with E-state index in [4.69, 9.17) is 0 Å². The van der Waals surface area contributed by atoms with Crippen LogP contribution in [0.2, 0.25) is 0 Å². The largest absolute Gasteiger partial charge is 0.354 e. The Bertz CT molecular complexity index is 637. The first-order valence-electron chi connectivity index (χ1n) is 9.19. The number of aromatic nitrogens is 3. The van der Waals surface area contributed by atoms with E-state index in [-0.39, 0.29) is 42.5 Å². The van der Waals surface area contributed by atoms with Gasteiger partial charge in [-0.2, -0.15) is 5.10 Å². The zero-order valence-electron chi connectivity index (χ0n) is 15.9. The van der Waals surface area contributed by atoms with Crippen molar-refractivity contribution >= 4 is 35.8 Å². The summed E-state index contributed by atoms with van der Waals surface area (Å²) in [5.74, 6) is 2.63. The van der Waals surface area contributed by atoms with Crippen molar-refractivity contribution in [2.24, 2.45) is 4.99 Å². The standard InChI is InChI=1S/C17H29N7O.HI/c1-12-19-15-9-8-14(11-24(15)22-12)21-17(18-10-16(25)23(2)3)20-13-6-4-5-7-13;/h13-14H,4-11H2,1-3H3,(H2,18,20,21);1H. The lowest BCUT2D eigenvalue weighted by Crippen LogP contribution is -2.49. The molecule has 146 valence electrons. The molecule has 0 aromatic carbocycles. The van der Waals surface area contributed by atoms with E-state index in [1.807, 2.05) is 11.6 Å². The SMILES string of the molecule is Cc1nc2n(n1)CC(NC(=NCC(=O)N(C)C)NC1CCCC1)CC2.I. The minimum absolute atomic E-state index is 0. The molecule has 1 unspecified atom stereocenters. The van der Waals surface area contributed by atoms with Gasteiger partial charge in [-0.15, -0.1) is 24.0 Å². The maximum Gasteiger partial charge on any atom is 0.243 e. The molecule has 0 radical (unpaired) electrons. The van der Waals surface area contributed by atoms with E-state index in [0.717, 1.165) is 37.0 Å². The van der Waals surface area contributed by atoms with Crippen molar-refractivity contribution in [1.29, 1.82) is 0 Å². The second-order valence-electron chi connectivity index (χ2n) is 7.22. The van der Waals surface area contributed by atoms with Crippen LogP contribution >= 0.6 is 24.0 Å². The van der Waals surface area contributed by atoms with Gasteiger partial charge in [-0.1, -0.05) is 12.8 Å². The average Bonchev–Trinajstić information content (AvgIpc) is 3.20. The zero-order chi connectivity index (χ0) is 17.8. The van der Waals surface area contributed by atoms with Crippen molar-refractivity contribution in [3.63, 3.8) is 0 Å². The predicted molar refractivity (Wildman–Crippen MR) is 112 cm³/mol. The van der Waals surface area contributed by atoms with E-state index in [9.17, 15) is 4.79 Å². The molecule has 2 heterocycles. The molecule has 26 heavy (non-hydrogen) atoms. The normalized spacial score (nSPS) is 20.3. The van der Waals surface area contributed by atoms with Crippen LogP contribution in [0.3, 0.4) is 0 Å². The highest BCUT2D eigenvalue weighted by atomic mass is 127. The second-order valence-corrected chi connectivity index (χ2v) is 7.22. The zero-order valence-corrected chi connectivity index (χ0v) is 18.2. The van der Waals surface area contributed by atoms with Gasteiger partial charge >= 0.3 is 0 Å². The molecule has 1 aromatic rings. The van der Waals surface area contributed by atoms with Gasteiger partial charge in [-0.05, 0) is 26.2 Å². The smallest absolute Gasteiger partial charge is 0.243 e. The number of fused-ring (bicyclic) bond motifs is 1. The first-order chi connectivity index (χ1) is 12.0. The summed E-state index contributed by atoms with van der Waals surface area (Å²) in [5, 5.41) is 11.5. The molecule has 1 amide bonds. The van der Waals surface area contributed by atoms with E-state index < -0.39 is 0 Å². The van der Waals surface area contributed by atoms with Crippen LogP contribution in [0.1, 0.15) is 43.8 Å². The van der Waals surface area contributed by atoms with Crippen molar-refractivity contribution in [3.8, 4) is 0 Å². The van der Waals surface area contributed by atoms with Crippen molar-refractivity contribution in [3.05, 3.63) is 11.6 Å². The Labute approximate surface area is 172 Å². The Morgan fingerprint density at radius 1 is 1.23 bits per heavy atom. The van der Waals surface area contributed by atoms with E-state index in [2.05, 4.69) is 25.7 Å². The van der Waals surface area contributed by atoms with Gasteiger partial charge in [0.2, 0.25) is 5.91 Å². The molecule has 3 rings (SSSR count). The molecule has 2 aliphatic rings. The minimum Gasteiger partial charge on any atom is -0.354 e. The quantitative estimate of drug-likeness (QED) is 0.387. The fraction of sp³-hybridized carbons (Fsp3) is 0.765. The van der Waals surface area contributed by atoms with Crippen LogP contribution in [-0.2, 0) is 17.8 Å². The van der Waals surface area contributed by atoms with Crippen molar-refractivity contribution < 1.29 is 4.79 Å². The fourth-order valence-electron chi connectivity index (χ4n) is 3.43. The highest BCUT2D eigenvalue weighted by molar-refractivity contribution is 14.0. The number of amides is 1. The maximum absolute atomic E-state index is 11.9. The summed E-state index contributed by atoms with van der Waals surface area (Å²) < 4.78 is 1.98. The van der Waals surface area contributed by atoms with Gasteiger partial charge < -0.3 is 15.5 Å². The van der Waals surface area contributed by atoms with E-state index in [1.165, 1.54) is 25.7 Å². The van der Waals surface area contributed by atoms with Crippen LogP contribution in [0.25, 0.3) is 0 Å². The lowest BCUT2D eigenvalue weighted by atomic mass is 10.1. The molecule has 0 bridgehead atoms. The molecule has 1 aliphatic carbocycles. The number of halogens is 1. The lowest BCUT2D eigenvalue weighted by Gasteiger charge is -2.27. The number of nitrogens with zero attached hydrogens (tertiary/aromatic N) is 5. The molecule has 1 saturated carbocycles. The number of aryl methyl sites for hydroxylation is 2. The van der Waals surface area contributed by atoms with Gasteiger partial charge in [-0.25, -0.2) is 14.7 Å². The Hall–Kier alpha value is -1.39. The summed E-state index contributed by atoms with van der Waals surface area (Å²) in [6.45, 7) is 2.87. The van der Waals surface area contributed by atoms with Crippen LogP contribution in [0.15, 0.2) is 4.99 Å². The second kappa shape index (κ2) is 9.52. The fourth-order valence-corrected chi connectivity index (χ4v) is 3.43. The Morgan fingerprint density at radius 3 is 2.62 bits per heavy atom. The van der Waals surface area contributed by atoms with Crippen molar-refractivity contribution in [2.45, 2.75) is 64.1 Å². The summed E-state index contributed by atoms with van der Waals surface area (Å²) in [5.41, 5.74) is 0. The molecule has 9 heteroatoms. The third kappa shape index (κ3) is 5.55. The topological polar surface area (TPSA) is 87.4 Å². The molecular weight excluding hydrogens is 445 g/mol. The van der Waals surface area contributed by atoms with Gasteiger partial charge in [0.15, 0.2) is 5.96 Å². The number of likely N-dealkylation sites (N-methyl/N-ethyl adjacent to an activating group) is 1. The number of carbonyl (C=O) groups is 1. The number of carbonyl (C=O) groups excluding carboxylic acids is 1. The number of hydrogen-bond donors (Lipinski definition) is 2. The molecule has 1 aliphatic heterocycles. The molecule has 1 aromatic heterocycles. The Balaban J connectivity index is 0.00000243. The first kappa shape index (κ1) is 20.9. The number of nitrogens with one attached hydrogen (secondary N) is 2. The van der Waals surface area contributed by atoms with E-state index in [0.29, 0.717) is 6.04 Å². The number of aliphatic imine (C=N–C) groups is 1. The summed E-state index contributed by atoms with van der Waals surface area (Å²) >= 11 is 0. The van der Waals surface area contributed by atoms with Gasteiger partial charge in [0.25, 0.3) is 0 Å². The minimum atomic E-state index is 0. The summed E-state index contributed by atoms with van der Waals surface area (Å²) in [4.78, 5) is 22.4. The lowest BCUT2D eigenvalue weighted by molar-refractivity contribution is -0.127. The first-order valence-corrected chi connectivity index (χ1v) is 9.19. The maximum atomic E-state index is 11.9. The molecule has 8 nitrogen and oxygen atoms in total. The van der Waals surface area contributed by atoms with E-state index >= 15 is 0 Å². The molecule has 0 saturated heterocycles. The number of hydrogen-bond acceptors (Lipinski definition) is 4. The summed E-state index contributed by atoms with van der Waals surface area (Å²) in [7, 11) is 3.51. The molecular formula is C17H30IN7O. The van der Waals surface area contributed by atoms with Gasteiger partial charge in [0.05, 0.1) is 6.54 Å². The molecule has 1 fully saturated rings. The average molecular weight is 475 g/mol. The Kier molecular flexibility index (Phi) is 7.66. The highest BCUT2D eigenvalue weighted by Gasteiger charge is 2.23. The van der Waals surface area contributed by atoms with E-state index in [1.54, 1.807) is 19.0 Å². The van der Waals surface area contributed by atoms with Crippen LogP contribution in [0, 0.1) is 6.92 Å². The summed E-state index contributed by atoms with van der Waals surface area (Å²) in [6.07, 6.45) is 6.75. The van der Waals surface area contributed by atoms with Crippen LogP contribution < -0.4 is 10.6 Å².